The third-order valence-electron chi connectivity index (χ3n) is 1.65. The van der Waals surface area contributed by atoms with Crippen LogP contribution in [-0.2, 0) is 0 Å². The van der Waals surface area contributed by atoms with Crippen LogP contribution < -0.4 is 4.74 Å². The van der Waals surface area contributed by atoms with Crippen LogP contribution >= 0.6 is 15.9 Å². The highest BCUT2D eigenvalue weighted by atomic mass is 79.9. The summed E-state index contributed by atoms with van der Waals surface area (Å²) in [6.07, 6.45) is -0.668. The third kappa shape index (κ3) is 2.91. The Bertz CT molecular complexity index is 401. The van der Waals surface area contributed by atoms with Crippen LogP contribution in [0.3, 0.4) is 0 Å². The van der Waals surface area contributed by atoms with Crippen LogP contribution in [0.4, 0.5) is 4.39 Å². The van der Waals surface area contributed by atoms with Gasteiger partial charge in [0.05, 0.1) is 16.1 Å². The second-order valence-corrected chi connectivity index (χ2v) is 3.80. The molecule has 0 fully saturated rings. The summed E-state index contributed by atoms with van der Waals surface area (Å²) in [5.74, 6) is -0.614. The quantitative estimate of drug-likeness (QED) is 0.919. The number of aliphatic hydroxyl groups excluding tert-OH is 1. The van der Waals surface area contributed by atoms with Gasteiger partial charge in [0.15, 0.2) is 11.6 Å². The van der Waals surface area contributed by atoms with Gasteiger partial charge in [-0.05, 0) is 35.0 Å². The van der Waals surface area contributed by atoms with Gasteiger partial charge in [-0.2, -0.15) is 5.26 Å². The van der Waals surface area contributed by atoms with Crippen LogP contribution in [0.5, 0.6) is 5.75 Å². The number of nitriles is 1. The van der Waals surface area contributed by atoms with Crippen LogP contribution in [0.1, 0.15) is 12.5 Å². The van der Waals surface area contributed by atoms with Crippen LogP contribution in [0.2, 0.25) is 0 Å². The van der Waals surface area contributed by atoms with E-state index in [1.54, 1.807) is 0 Å². The van der Waals surface area contributed by atoms with Crippen molar-refractivity contribution in [3.8, 4) is 11.8 Å². The van der Waals surface area contributed by atoms with E-state index in [1.165, 1.54) is 19.1 Å². The van der Waals surface area contributed by atoms with Gasteiger partial charge >= 0.3 is 0 Å². The molecule has 15 heavy (non-hydrogen) atoms. The zero-order valence-electron chi connectivity index (χ0n) is 8.00. The van der Waals surface area contributed by atoms with Gasteiger partial charge in [0.25, 0.3) is 0 Å². The van der Waals surface area contributed by atoms with E-state index in [0.717, 1.165) is 0 Å². The summed E-state index contributed by atoms with van der Waals surface area (Å²) in [5, 5.41) is 17.6. The Morgan fingerprint density at radius 2 is 2.33 bits per heavy atom. The van der Waals surface area contributed by atoms with Gasteiger partial charge in [0.2, 0.25) is 0 Å². The molecule has 0 amide bonds. The molecule has 1 aromatic carbocycles. The summed E-state index contributed by atoms with van der Waals surface area (Å²) in [4.78, 5) is 0. The highest BCUT2D eigenvalue weighted by molar-refractivity contribution is 9.10. The lowest BCUT2D eigenvalue weighted by Gasteiger charge is -2.10. The average molecular weight is 274 g/mol. The fourth-order valence-electron chi connectivity index (χ4n) is 0.940. The summed E-state index contributed by atoms with van der Waals surface area (Å²) < 4.78 is 18.6. The summed E-state index contributed by atoms with van der Waals surface area (Å²) in [5.41, 5.74) is 0.205. The zero-order chi connectivity index (χ0) is 11.4. The maximum atomic E-state index is 13.5. The molecule has 0 saturated carbocycles. The molecule has 0 aliphatic carbocycles. The number of halogens is 2. The molecule has 1 N–H and O–H groups in total. The van der Waals surface area contributed by atoms with Gasteiger partial charge in [-0.15, -0.1) is 0 Å². The number of benzene rings is 1. The topological polar surface area (TPSA) is 53.2 Å². The number of ether oxygens (including phenoxy) is 1. The first-order chi connectivity index (χ1) is 7.06. The van der Waals surface area contributed by atoms with Gasteiger partial charge in [-0.25, -0.2) is 4.39 Å². The monoisotopic (exact) mass is 273 g/mol. The van der Waals surface area contributed by atoms with Crippen molar-refractivity contribution in [2.75, 3.05) is 6.61 Å². The lowest BCUT2D eigenvalue weighted by atomic mass is 10.2. The lowest BCUT2D eigenvalue weighted by molar-refractivity contribution is 0.120. The normalized spacial score (nSPS) is 11.9. The molecule has 0 aliphatic rings. The van der Waals surface area contributed by atoms with Crippen molar-refractivity contribution in [3.63, 3.8) is 0 Å². The number of rotatable bonds is 3. The first-order valence-electron chi connectivity index (χ1n) is 4.25. The smallest absolute Gasteiger partial charge is 0.180 e. The molecule has 3 nitrogen and oxygen atoms in total. The number of hydrogen-bond acceptors (Lipinski definition) is 3. The predicted molar refractivity (Wildman–Crippen MR) is 56.0 cm³/mol. The first kappa shape index (κ1) is 12.0. The summed E-state index contributed by atoms with van der Waals surface area (Å²) in [6, 6.07) is 4.65. The van der Waals surface area contributed by atoms with E-state index >= 15 is 0 Å². The van der Waals surface area contributed by atoms with Crippen LogP contribution in [0.15, 0.2) is 16.6 Å². The number of aliphatic hydroxyl groups is 1. The second-order valence-electron chi connectivity index (χ2n) is 3.01. The minimum absolute atomic E-state index is 0.00919. The van der Waals surface area contributed by atoms with E-state index in [-0.39, 0.29) is 22.4 Å². The maximum Gasteiger partial charge on any atom is 0.180 e. The lowest BCUT2D eigenvalue weighted by Crippen LogP contribution is -2.13. The van der Waals surface area contributed by atoms with Gasteiger partial charge in [-0.3, -0.25) is 0 Å². The third-order valence-corrected chi connectivity index (χ3v) is 2.42. The Morgan fingerprint density at radius 3 is 2.87 bits per heavy atom. The molecule has 0 aromatic heterocycles. The van der Waals surface area contributed by atoms with Crippen LogP contribution in [-0.4, -0.2) is 17.8 Å². The molecule has 80 valence electrons. The Labute approximate surface area is 95.2 Å². The minimum Gasteiger partial charge on any atom is -0.488 e. The average Bonchev–Trinajstić information content (AvgIpc) is 2.20. The molecule has 0 spiro atoms. The van der Waals surface area contributed by atoms with Crippen molar-refractivity contribution in [1.29, 1.82) is 5.26 Å². The molecular weight excluding hydrogens is 265 g/mol. The minimum atomic E-state index is -0.668. The van der Waals surface area contributed by atoms with Crippen molar-refractivity contribution < 1.29 is 14.2 Å². The van der Waals surface area contributed by atoms with E-state index in [0.29, 0.717) is 0 Å². The maximum absolute atomic E-state index is 13.5. The molecule has 0 heterocycles. The summed E-state index contributed by atoms with van der Waals surface area (Å²) in [6.45, 7) is 1.55. The van der Waals surface area contributed by atoms with Crippen molar-refractivity contribution in [3.05, 3.63) is 28.0 Å². The molecule has 0 saturated heterocycles. The molecule has 0 bridgehead atoms. The Balaban J connectivity index is 2.93. The zero-order valence-corrected chi connectivity index (χ0v) is 9.58. The molecule has 0 radical (unpaired) electrons. The molecule has 5 heteroatoms. The van der Waals surface area contributed by atoms with Crippen molar-refractivity contribution in [2.45, 2.75) is 13.0 Å². The number of hydrogen-bond donors (Lipinski definition) is 1. The van der Waals surface area contributed by atoms with Gasteiger partial charge in [-0.1, -0.05) is 0 Å². The molecule has 1 atom stereocenters. The molecule has 0 aliphatic heterocycles. The van der Waals surface area contributed by atoms with Crippen molar-refractivity contribution >= 4 is 15.9 Å². The predicted octanol–water partition coefficient (Wildman–Crippen LogP) is 2.22. The molecule has 1 aromatic rings. The van der Waals surface area contributed by atoms with Gasteiger partial charge in [0, 0.05) is 0 Å². The Morgan fingerprint density at radius 1 is 1.67 bits per heavy atom. The van der Waals surface area contributed by atoms with E-state index < -0.39 is 11.9 Å². The molecule has 1 rings (SSSR count). The SMILES string of the molecule is C[C@H](O)COc1ccc(C#N)c(Br)c1F. The summed E-state index contributed by atoms with van der Waals surface area (Å²) in [7, 11) is 0. The fraction of sp³-hybridized carbons (Fsp3) is 0.300. The van der Waals surface area contributed by atoms with E-state index in [4.69, 9.17) is 15.1 Å². The van der Waals surface area contributed by atoms with Crippen LogP contribution in [0, 0.1) is 17.1 Å². The van der Waals surface area contributed by atoms with Crippen molar-refractivity contribution in [1.82, 2.24) is 0 Å². The van der Waals surface area contributed by atoms with Crippen molar-refractivity contribution in [2.24, 2.45) is 0 Å². The van der Waals surface area contributed by atoms with E-state index in [9.17, 15) is 4.39 Å². The summed E-state index contributed by atoms with van der Waals surface area (Å²) >= 11 is 2.96. The Hall–Kier alpha value is -1.12. The number of nitrogens with zero attached hydrogens (tertiary/aromatic N) is 1. The fourth-order valence-corrected chi connectivity index (χ4v) is 1.36. The van der Waals surface area contributed by atoms with Gasteiger partial charge in [0.1, 0.15) is 12.7 Å². The highest BCUT2D eigenvalue weighted by Gasteiger charge is 2.12. The Kier molecular flexibility index (Phi) is 4.06. The highest BCUT2D eigenvalue weighted by Crippen LogP contribution is 2.28. The van der Waals surface area contributed by atoms with E-state index in [1.807, 2.05) is 6.07 Å². The second kappa shape index (κ2) is 5.10. The first-order valence-corrected chi connectivity index (χ1v) is 5.04. The molecule has 0 unspecified atom stereocenters. The molecular formula is C10H9BrFNO2. The van der Waals surface area contributed by atoms with Gasteiger partial charge < -0.3 is 9.84 Å². The van der Waals surface area contributed by atoms with E-state index in [2.05, 4.69) is 15.9 Å². The standard InChI is InChI=1S/C10H9BrFNO2/c1-6(14)5-15-8-3-2-7(4-13)9(11)10(8)12/h2-3,6,14H,5H2,1H3/t6-/m0/s1. The van der Waals surface area contributed by atoms with Crippen LogP contribution in [0.25, 0.3) is 0 Å². The largest absolute Gasteiger partial charge is 0.488 e.